The molecule has 2 atom stereocenters. The zero-order valence-corrected chi connectivity index (χ0v) is 13.6. The fourth-order valence-corrected chi connectivity index (χ4v) is 2.98. The van der Waals surface area contributed by atoms with Crippen LogP contribution in [0.3, 0.4) is 0 Å². The van der Waals surface area contributed by atoms with Crippen LogP contribution < -0.4 is 15.4 Å². The van der Waals surface area contributed by atoms with E-state index in [9.17, 15) is 14.4 Å². The summed E-state index contributed by atoms with van der Waals surface area (Å²) in [5, 5.41) is 5.44. The Morgan fingerprint density at radius 2 is 2.12 bits per heavy atom. The van der Waals surface area contributed by atoms with Crippen LogP contribution in [0.2, 0.25) is 0 Å². The Hall–Kier alpha value is -2.77. The maximum absolute atomic E-state index is 12.4. The second kappa shape index (κ2) is 6.38. The third-order valence-electron chi connectivity index (χ3n) is 4.30. The molecule has 0 aromatic heterocycles. The van der Waals surface area contributed by atoms with E-state index in [1.54, 1.807) is 48.1 Å². The first kappa shape index (κ1) is 16.1. The molecule has 1 aromatic carbocycles. The van der Waals surface area contributed by atoms with Crippen LogP contribution in [0.1, 0.15) is 6.92 Å². The first-order valence-electron chi connectivity index (χ1n) is 7.80. The van der Waals surface area contributed by atoms with Crippen molar-refractivity contribution in [1.82, 2.24) is 15.1 Å². The number of anilines is 1. The van der Waals surface area contributed by atoms with Gasteiger partial charge in [-0.15, -0.1) is 0 Å². The number of amides is 4. The molecule has 0 bridgehead atoms. The lowest BCUT2D eigenvalue weighted by Gasteiger charge is -2.44. The summed E-state index contributed by atoms with van der Waals surface area (Å²) in [4.78, 5) is 39.8. The van der Waals surface area contributed by atoms with Crippen molar-refractivity contribution in [3.63, 3.8) is 0 Å². The SMILES string of the molecule is COc1cccc(NC(=O)N2CCN3C(=O)C(C)NC(=O)C3C2)c1. The summed E-state index contributed by atoms with van der Waals surface area (Å²) in [5.74, 6) is 0.317. The van der Waals surface area contributed by atoms with Crippen molar-refractivity contribution in [3.8, 4) is 5.75 Å². The Morgan fingerprint density at radius 3 is 2.88 bits per heavy atom. The number of ether oxygens (including phenoxy) is 1. The van der Waals surface area contributed by atoms with E-state index in [2.05, 4.69) is 10.6 Å². The van der Waals surface area contributed by atoms with Crippen molar-refractivity contribution >= 4 is 23.5 Å². The van der Waals surface area contributed by atoms with Gasteiger partial charge in [0.05, 0.1) is 13.7 Å². The molecule has 2 fully saturated rings. The quantitative estimate of drug-likeness (QED) is 0.813. The molecule has 1 aromatic rings. The molecule has 2 aliphatic rings. The van der Waals surface area contributed by atoms with Crippen LogP contribution in [-0.2, 0) is 9.59 Å². The van der Waals surface area contributed by atoms with E-state index in [1.165, 1.54) is 0 Å². The number of piperazine rings is 2. The topological polar surface area (TPSA) is 91.0 Å². The Morgan fingerprint density at radius 1 is 1.33 bits per heavy atom. The van der Waals surface area contributed by atoms with Crippen LogP contribution in [0.5, 0.6) is 5.75 Å². The van der Waals surface area contributed by atoms with E-state index in [1.807, 2.05) is 0 Å². The molecular formula is C16H20N4O4. The number of benzene rings is 1. The third-order valence-corrected chi connectivity index (χ3v) is 4.30. The lowest BCUT2D eigenvalue weighted by Crippen LogP contribution is -2.69. The Balaban J connectivity index is 1.67. The number of hydrogen-bond donors (Lipinski definition) is 2. The molecule has 2 heterocycles. The van der Waals surface area contributed by atoms with Crippen molar-refractivity contribution < 1.29 is 19.1 Å². The monoisotopic (exact) mass is 332 g/mol. The predicted octanol–water partition coefficient (Wildman–Crippen LogP) is 0.258. The predicted molar refractivity (Wildman–Crippen MR) is 86.7 cm³/mol. The number of nitrogens with zero attached hydrogens (tertiary/aromatic N) is 2. The van der Waals surface area contributed by atoms with Crippen LogP contribution in [0.4, 0.5) is 10.5 Å². The van der Waals surface area contributed by atoms with Gasteiger partial charge in [0.1, 0.15) is 17.8 Å². The Kier molecular flexibility index (Phi) is 4.28. The van der Waals surface area contributed by atoms with Crippen LogP contribution >= 0.6 is 0 Å². The maximum atomic E-state index is 12.4. The van der Waals surface area contributed by atoms with Gasteiger partial charge in [-0.25, -0.2) is 4.79 Å². The van der Waals surface area contributed by atoms with Gasteiger partial charge in [0.2, 0.25) is 11.8 Å². The van der Waals surface area contributed by atoms with Crippen LogP contribution in [-0.4, -0.2) is 66.5 Å². The molecule has 0 saturated carbocycles. The zero-order chi connectivity index (χ0) is 17.3. The zero-order valence-electron chi connectivity index (χ0n) is 13.6. The van der Waals surface area contributed by atoms with Crippen LogP contribution in [0, 0.1) is 0 Å². The first-order chi connectivity index (χ1) is 11.5. The molecule has 2 N–H and O–H groups in total. The second-order valence-corrected chi connectivity index (χ2v) is 5.89. The highest BCUT2D eigenvalue weighted by Crippen LogP contribution is 2.19. The van der Waals surface area contributed by atoms with E-state index in [0.29, 0.717) is 24.5 Å². The van der Waals surface area contributed by atoms with Gasteiger partial charge in [-0.3, -0.25) is 9.59 Å². The van der Waals surface area contributed by atoms with Crippen molar-refractivity contribution in [2.45, 2.75) is 19.0 Å². The first-order valence-corrected chi connectivity index (χ1v) is 7.80. The average Bonchev–Trinajstić information content (AvgIpc) is 2.59. The number of urea groups is 1. The van der Waals surface area contributed by atoms with Gasteiger partial charge >= 0.3 is 6.03 Å². The van der Waals surface area contributed by atoms with E-state index in [0.717, 1.165) is 0 Å². The fourth-order valence-electron chi connectivity index (χ4n) is 2.98. The average molecular weight is 332 g/mol. The standard InChI is InChI=1S/C16H20N4O4/c1-10-15(22)20-7-6-19(9-13(20)14(21)17-10)16(23)18-11-4-3-5-12(8-11)24-2/h3-5,8,10,13H,6-7,9H2,1-2H3,(H,17,21)(H,18,23). The minimum absolute atomic E-state index is 0.104. The number of carbonyl (C=O) groups excluding carboxylic acids is 3. The number of rotatable bonds is 2. The van der Waals surface area contributed by atoms with Gasteiger partial charge < -0.3 is 25.2 Å². The Bertz CT molecular complexity index is 678. The van der Waals surface area contributed by atoms with Crippen LogP contribution in [0.25, 0.3) is 0 Å². The molecule has 2 saturated heterocycles. The summed E-state index contributed by atoms with van der Waals surface area (Å²) in [6.45, 7) is 2.59. The summed E-state index contributed by atoms with van der Waals surface area (Å²) in [6, 6.07) is 5.60. The molecule has 128 valence electrons. The maximum Gasteiger partial charge on any atom is 0.321 e. The van der Waals surface area contributed by atoms with E-state index in [4.69, 9.17) is 4.74 Å². The summed E-state index contributed by atoms with van der Waals surface area (Å²) in [5.41, 5.74) is 0.611. The fraction of sp³-hybridized carbons (Fsp3) is 0.438. The molecule has 8 heteroatoms. The molecular weight excluding hydrogens is 312 g/mol. The van der Waals surface area contributed by atoms with Gasteiger partial charge in [0.25, 0.3) is 0 Å². The highest BCUT2D eigenvalue weighted by molar-refractivity contribution is 5.98. The number of carbonyl (C=O) groups is 3. The molecule has 0 radical (unpaired) electrons. The molecule has 3 rings (SSSR count). The minimum Gasteiger partial charge on any atom is -0.497 e. The van der Waals surface area contributed by atoms with Gasteiger partial charge in [-0.2, -0.15) is 0 Å². The van der Waals surface area contributed by atoms with E-state index >= 15 is 0 Å². The molecule has 4 amide bonds. The van der Waals surface area contributed by atoms with Crippen molar-refractivity contribution in [2.75, 3.05) is 32.1 Å². The highest BCUT2D eigenvalue weighted by Gasteiger charge is 2.42. The molecule has 8 nitrogen and oxygen atoms in total. The van der Waals surface area contributed by atoms with Gasteiger partial charge in [0.15, 0.2) is 0 Å². The minimum atomic E-state index is -0.626. The Labute approximate surface area is 139 Å². The summed E-state index contributed by atoms with van der Waals surface area (Å²) < 4.78 is 5.13. The molecule has 24 heavy (non-hydrogen) atoms. The van der Waals surface area contributed by atoms with E-state index < -0.39 is 12.1 Å². The highest BCUT2D eigenvalue weighted by atomic mass is 16.5. The van der Waals surface area contributed by atoms with Crippen molar-refractivity contribution in [1.29, 1.82) is 0 Å². The number of methoxy groups -OCH3 is 1. The third kappa shape index (κ3) is 2.99. The van der Waals surface area contributed by atoms with E-state index in [-0.39, 0.29) is 24.4 Å². The molecule has 0 spiro atoms. The number of hydrogen-bond acceptors (Lipinski definition) is 4. The lowest BCUT2D eigenvalue weighted by atomic mass is 10.1. The van der Waals surface area contributed by atoms with Crippen molar-refractivity contribution in [3.05, 3.63) is 24.3 Å². The number of nitrogens with one attached hydrogen (secondary N) is 2. The number of fused-ring (bicyclic) bond motifs is 1. The lowest BCUT2D eigenvalue weighted by molar-refractivity contribution is -0.151. The van der Waals surface area contributed by atoms with Gasteiger partial charge in [-0.05, 0) is 19.1 Å². The summed E-state index contributed by atoms with van der Waals surface area (Å²) in [7, 11) is 1.56. The largest absolute Gasteiger partial charge is 0.497 e. The molecule has 0 aliphatic carbocycles. The normalized spacial score (nSPS) is 23.4. The van der Waals surface area contributed by atoms with Crippen LogP contribution in [0.15, 0.2) is 24.3 Å². The summed E-state index contributed by atoms with van der Waals surface area (Å²) in [6.07, 6.45) is 0. The molecule has 2 unspecified atom stereocenters. The molecule has 2 aliphatic heterocycles. The van der Waals surface area contributed by atoms with Crippen molar-refractivity contribution in [2.24, 2.45) is 0 Å². The smallest absolute Gasteiger partial charge is 0.321 e. The van der Waals surface area contributed by atoms with Gasteiger partial charge in [0, 0.05) is 24.8 Å². The second-order valence-electron chi connectivity index (χ2n) is 5.89. The summed E-state index contributed by atoms with van der Waals surface area (Å²) >= 11 is 0. The van der Waals surface area contributed by atoms with Gasteiger partial charge in [-0.1, -0.05) is 6.07 Å².